The van der Waals surface area contributed by atoms with Crippen molar-refractivity contribution in [2.75, 3.05) is 6.61 Å². The summed E-state index contributed by atoms with van der Waals surface area (Å²) in [6.45, 7) is 3.97. The Balaban J connectivity index is 3.60. The fourth-order valence-corrected chi connectivity index (χ4v) is 1.05. The first-order valence-electron chi connectivity index (χ1n) is 6.22. The molecule has 0 N–H and O–H groups in total. The highest BCUT2D eigenvalue weighted by Crippen LogP contribution is 1.88. The second kappa shape index (κ2) is 13.2. The van der Waals surface area contributed by atoms with Crippen LogP contribution in [0, 0.1) is 0 Å². The van der Waals surface area contributed by atoms with Crippen LogP contribution >= 0.6 is 0 Å². The molecule has 0 unspecified atom stereocenters. The molecule has 0 rings (SSSR count). The van der Waals surface area contributed by atoms with Gasteiger partial charge in [-0.2, -0.15) is 0 Å². The summed E-state index contributed by atoms with van der Waals surface area (Å²) in [7, 11) is 0. The lowest BCUT2D eigenvalue weighted by atomic mass is 10.3. The molecule has 0 aromatic heterocycles. The van der Waals surface area contributed by atoms with Gasteiger partial charge in [0.2, 0.25) is 0 Å². The highest BCUT2D eigenvalue weighted by molar-refractivity contribution is 5.65. The van der Waals surface area contributed by atoms with Crippen LogP contribution in [0.5, 0.6) is 0 Å². The van der Waals surface area contributed by atoms with Crippen molar-refractivity contribution >= 4 is 5.97 Å². The molecule has 0 aromatic rings. The first-order chi connectivity index (χ1) is 8.77. The van der Waals surface area contributed by atoms with E-state index in [2.05, 4.69) is 13.0 Å². The van der Waals surface area contributed by atoms with E-state index in [0.29, 0.717) is 6.61 Å². The average molecular weight is 246 g/mol. The van der Waals surface area contributed by atoms with Crippen molar-refractivity contribution < 1.29 is 9.53 Å². The van der Waals surface area contributed by atoms with Crippen LogP contribution < -0.4 is 0 Å². The zero-order valence-electron chi connectivity index (χ0n) is 11.2. The minimum atomic E-state index is -0.231. The van der Waals surface area contributed by atoms with E-state index >= 15 is 0 Å². The molecular formula is C16H22O2. The molecule has 0 bridgehead atoms. The van der Waals surface area contributed by atoms with E-state index in [1.54, 1.807) is 0 Å². The van der Waals surface area contributed by atoms with Crippen LogP contribution in [0.15, 0.2) is 60.8 Å². The molecule has 2 nitrogen and oxygen atoms in total. The van der Waals surface area contributed by atoms with Gasteiger partial charge in [0, 0.05) is 6.92 Å². The topological polar surface area (TPSA) is 26.3 Å². The van der Waals surface area contributed by atoms with E-state index in [-0.39, 0.29) is 5.97 Å². The van der Waals surface area contributed by atoms with Gasteiger partial charge in [0.1, 0.15) is 0 Å². The Kier molecular flexibility index (Phi) is 11.9. The number of carbonyl (C=O) groups excluding carboxylic acids is 1. The van der Waals surface area contributed by atoms with Crippen LogP contribution in [0.2, 0.25) is 0 Å². The molecule has 0 aliphatic rings. The van der Waals surface area contributed by atoms with Crippen molar-refractivity contribution in [1.29, 1.82) is 0 Å². The van der Waals surface area contributed by atoms with E-state index in [1.165, 1.54) is 6.92 Å². The van der Waals surface area contributed by atoms with Crippen molar-refractivity contribution in [3.63, 3.8) is 0 Å². The van der Waals surface area contributed by atoms with Gasteiger partial charge < -0.3 is 4.74 Å². The first kappa shape index (κ1) is 16.2. The summed E-state index contributed by atoms with van der Waals surface area (Å²) in [5.41, 5.74) is 0. The number of carbonyl (C=O) groups is 1. The summed E-state index contributed by atoms with van der Waals surface area (Å²) < 4.78 is 4.79. The number of ether oxygens (including phenoxy) is 1. The van der Waals surface area contributed by atoms with E-state index < -0.39 is 0 Å². The van der Waals surface area contributed by atoms with Gasteiger partial charge in [0.25, 0.3) is 0 Å². The zero-order chi connectivity index (χ0) is 13.5. The lowest BCUT2D eigenvalue weighted by molar-refractivity contribution is -0.140. The number of rotatable bonds is 8. The normalized spacial score (nSPS) is 12.8. The molecular weight excluding hydrogens is 224 g/mol. The summed E-state index contributed by atoms with van der Waals surface area (Å²) in [4.78, 5) is 10.5. The van der Waals surface area contributed by atoms with Gasteiger partial charge in [-0.05, 0) is 12.8 Å². The maximum atomic E-state index is 10.5. The van der Waals surface area contributed by atoms with Crippen molar-refractivity contribution in [1.82, 2.24) is 0 Å². The summed E-state index contributed by atoms with van der Waals surface area (Å²) >= 11 is 0. The Labute approximate surface area is 110 Å². The maximum Gasteiger partial charge on any atom is 0.302 e. The smallest absolute Gasteiger partial charge is 0.302 e. The van der Waals surface area contributed by atoms with Crippen LogP contribution in [0.1, 0.15) is 26.7 Å². The van der Waals surface area contributed by atoms with Crippen molar-refractivity contribution in [2.24, 2.45) is 0 Å². The summed E-state index contributed by atoms with van der Waals surface area (Å²) in [6, 6.07) is 0. The molecule has 0 atom stereocenters. The van der Waals surface area contributed by atoms with Gasteiger partial charge in [0.05, 0.1) is 6.61 Å². The van der Waals surface area contributed by atoms with Crippen molar-refractivity contribution in [2.45, 2.75) is 26.7 Å². The quantitative estimate of drug-likeness (QED) is 0.365. The number of hydrogen-bond acceptors (Lipinski definition) is 2. The minimum absolute atomic E-state index is 0.231. The maximum absolute atomic E-state index is 10.5. The van der Waals surface area contributed by atoms with Crippen molar-refractivity contribution in [3.05, 3.63) is 60.8 Å². The molecule has 2 heteroatoms. The van der Waals surface area contributed by atoms with Crippen LogP contribution in [0.25, 0.3) is 0 Å². The predicted molar refractivity (Wildman–Crippen MR) is 77.2 cm³/mol. The minimum Gasteiger partial charge on any atom is -0.466 e. The van der Waals surface area contributed by atoms with Crippen LogP contribution in [0.3, 0.4) is 0 Å². The first-order valence-corrected chi connectivity index (χ1v) is 6.22. The average Bonchev–Trinajstić information content (AvgIpc) is 2.34. The summed E-state index contributed by atoms with van der Waals surface area (Å²) in [5.74, 6) is -0.231. The SMILES string of the molecule is CCC=CC=CC=CC=CC=CCCOC(C)=O. The highest BCUT2D eigenvalue weighted by atomic mass is 16.5. The molecule has 0 aromatic carbocycles. The lowest BCUT2D eigenvalue weighted by Gasteiger charge is -1.95. The predicted octanol–water partition coefficient (Wildman–Crippen LogP) is 4.13. The van der Waals surface area contributed by atoms with E-state index in [0.717, 1.165) is 12.8 Å². The van der Waals surface area contributed by atoms with E-state index in [4.69, 9.17) is 4.74 Å². The molecule has 0 aliphatic carbocycles. The fraction of sp³-hybridized carbons (Fsp3) is 0.312. The molecule has 98 valence electrons. The van der Waals surface area contributed by atoms with Gasteiger partial charge in [-0.3, -0.25) is 4.79 Å². The monoisotopic (exact) mass is 246 g/mol. The molecule has 0 saturated heterocycles. The zero-order valence-corrected chi connectivity index (χ0v) is 11.2. The summed E-state index contributed by atoms with van der Waals surface area (Å²) in [5, 5.41) is 0. The highest BCUT2D eigenvalue weighted by Gasteiger charge is 1.87. The standard InChI is InChI=1S/C16H22O2/c1-3-4-5-6-7-8-9-10-11-12-13-14-15-18-16(2)17/h4-13H,3,14-15H2,1-2H3. The second-order valence-corrected chi connectivity index (χ2v) is 3.55. The van der Waals surface area contributed by atoms with Gasteiger partial charge in [-0.1, -0.05) is 67.7 Å². The third kappa shape index (κ3) is 14.2. The molecule has 0 amide bonds. The fourth-order valence-electron chi connectivity index (χ4n) is 1.05. The molecule has 0 fully saturated rings. The van der Waals surface area contributed by atoms with Gasteiger partial charge in [-0.25, -0.2) is 0 Å². The molecule has 0 saturated carbocycles. The van der Waals surface area contributed by atoms with Gasteiger partial charge in [-0.15, -0.1) is 0 Å². The van der Waals surface area contributed by atoms with Gasteiger partial charge >= 0.3 is 5.97 Å². The third-order valence-corrected chi connectivity index (χ3v) is 1.88. The summed E-state index contributed by atoms with van der Waals surface area (Å²) in [6.07, 6.45) is 21.7. The van der Waals surface area contributed by atoms with E-state index in [9.17, 15) is 4.79 Å². The molecule has 0 spiro atoms. The Bertz CT molecular complexity index is 344. The second-order valence-electron chi connectivity index (χ2n) is 3.55. The van der Waals surface area contributed by atoms with Gasteiger partial charge in [0.15, 0.2) is 0 Å². The molecule has 0 aliphatic heterocycles. The Hall–Kier alpha value is -1.83. The van der Waals surface area contributed by atoms with E-state index in [1.807, 2.05) is 54.7 Å². The lowest BCUT2D eigenvalue weighted by Crippen LogP contribution is -1.98. The van der Waals surface area contributed by atoms with Crippen molar-refractivity contribution in [3.8, 4) is 0 Å². The number of hydrogen-bond donors (Lipinski definition) is 0. The molecule has 0 heterocycles. The molecule has 0 radical (unpaired) electrons. The Morgan fingerprint density at radius 3 is 1.89 bits per heavy atom. The third-order valence-electron chi connectivity index (χ3n) is 1.88. The van der Waals surface area contributed by atoms with Crippen LogP contribution in [-0.2, 0) is 9.53 Å². The Morgan fingerprint density at radius 1 is 0.889 bits per heavy atom. The Morgan fingerprint density at radius 2 is 1.39 bits per heavy atom. The number of allylic oxidation sites excluding steroid dienone is 9. The molecule has 18 heavy (non-hydrogen) atoms. The van der Waals surface area contributed by atoms with Crippen LogP contribution in [0.4, 0.5) is 0 Å². The van der Waals surface area contributed by atoms with Crippen LogP contribution in [-0.4, -0.2) is 12.6 Å². The number of esters is 1. The largest absolute Gasteiger partial charge is 0.466 e.